The van der Waals surface area contributed by atoms with E-state index < -0.39 is 4.92 Å². The molecule has 1 atom stereocenters. The maximum atomic E-state index is 12.2. The molecule has 0 saturated carbocycles. The number of aryl methyl sites for hydroxylation is 1. The van der Waals surface area contributed by atoms with Gasteiger partial charge in [-0.1, -0.05) is 32.8 Å². The van der Waals surface area contributed by atoms with E-state index in [1.54, 1.807) is 19.1 Å². The third-order valence-electron chi connectivity index (χ3n) is 3.38. The molecule has 5 heteroatoms. The van der Waals surface area contributed by atoms with Gasteiger partial charge in [-0.25, -0.2) is 0 Å². The molecule has 1 rings (SSSR count). The van der Waals surface area contributed by atoms with Crippen LogP contribution in [0.5, 0.6) is 0 Å². The van der Waals surface area contributed by atoms with Gasteiger partial charge in [-0.2, -0.15) is 0 Å². The van der Waals surface area contributed by atoms with Gasteiger partial charge in [-0.05, 0) is 31.4 Å². The van der Waals surface area contributed by atoms with Crippen molar-refractivity contribution in [3.8, 4) is 0 Å². The molecule has 20 heavy (non-hydrogen) atoms. The lowest BCUT2D eigenvalue weighted by molar-refractivity contribution is -0.384. The summed E-state index contributed by atoms with van der Waals surface area (Å²) in [4.78, 5) is 22.7. The van der Waals surface area contributed by atoms with Crippen LogP contribution >= 0.6 is 0 Å². The van der Waals surface area contributed by atoms with Crippen LogP contribution in [0.3, 0.4) is 0 Å². The van der Waals surface area contributed by atoms with E-state index in [9.17, 15) is 14.9 Å². The van der Waals surface area contributed by atoms with Crippen molar-refractivity contribution in [1.29, 1.82) is 0 Å². The predicted molar refractivity (Wildman–Crippen MR) is 79.8 cm³/mol. The third kappa shape index (κ3) is 4.33. The van der Waals surface area contributed by atoms with Gasteiger partial charge in [0.2, 0.25) is 5.91 Å². The molecule has 0 heterocycles. The Balaban J connectivity index is 2.86. The Hall–Kier alpha value is -1.91. The van der Waals surface area contributed by atoms with Crippen molar-refractivity contribution >= 4 is 17.3 Å². The molecular formula is C15H22N2O3. The zero-order chi connectivity index (χ0) is 15.1. The number of hydrogen-bond acceptors (Lipinski definition) is 3. The number of hydrogen-bond donors (Lipinski definition) is 1. The summed E-state index contributed by atoms with van der Waals surface area (Å²) in [5.74, 6) is -0.219. The van der Waals surface area contributed by atoms with Gasteiger partial charge < -0.3 is 5.32 Å². The van der Waals surface area contributed by atoms with Gasteiger partial charge in [0.25, 0.3) is 5.69 Å². The molecule has 0 fully saturated rings. The highest BCUT2D eigenvalue weighted by atomic mass is 16.6. The van der Waals surface area contributed by atoms with E-state index in [1.165, 1.54) is 6.07 Å². The molecule has 1 aromatic carbocycles. The molecule has 0 aliphatic rings. The summed E-state index contributed by atoms with van der Waals surface area (Å²) in [6.45, 7) is 5.83. The van der Waals surface area contributed by atoms with E-state index in [1.807, 2.05) is 6.92 Å². The van der Waals surface area contributed by atoms with E-state index in [2.05, 4.69) is 12.2 Å². The average Bonchev–Trinajstić information content (AvgIpc) is 2.41. The Labute approximate surface area is 119 Å². The van der Waals surface area contributed by atoms with Crippen LogP contribution < -0.4 is 5.32 Å². The molecule has 0 spiro atoms. The van der Waals surface area contributed by atoms with Gasteiger partial charge in [0, 0.05) is 12.0 Å². The molecule has 1 N–H and O–H groups in total. The number of carbonyl (C=O) groups excluding carboxylic acids is 1. The molecule has 0 aliphatic carbocycles. The fourth-order valence-electron chi connectivity index (χ4n) is 2.10. The molecule has 1 aromatic rings. The molecule has 0 aliphatic heterocycles. The average molecular weight is 278 g/mol. The molecular weight excluding hydrogens is 256 g/mol. The standard InChI is InChI=1S/C15H22N2O3/c1-4-6-7-12(5-2)15(18)16-13-9-8-11(3)10-14(13)17(19)20/h8-10,12H,4-7H2,1-3H3,(H,16,18)/t12-/m0/s1. The van der Waals surface area contributed by atoms with Crippen molar-refractivity contribution in [1.82, 2.24) is 0 Å². The third-order valence-corrected chi connectivity index (χ3v) is 3.38. The van der Waals surface area contributed by atoms with E-state index in [0.717, 1.165) is 31.2 Å². The van der Waals surface area contributed by atoms with Crippen molar-refractivity contribution in [3.63, 3.8) is 0 Å². The van der Waals surface area contributed by atoms with Crippen molar-refractivity contribution in [2.75, 3.05) is 5.32 Å². The van der Waals surface area contributed by atoms with E-state index in [0.29, 0.717) is 0 Å². The van der Waals surface area contributed by atoms with Crippen LogP contribution in [0.2, 0.25) is 0 Å². The Morgan fingerprint density at radius 3 is 2.65 bits per heavy atom. The smallest absolute Gasteiger partial charge is 0.293 e. The minimum Gasteiger partial charge on any atom is -0.320 e. The first-order chi connectivity index (χ1) is 9.49. The van der Waals surface area contributed by atoms with Crippen LogP contribution in [-0.4, -0.2) is 10.8 Å². The number of amides is 1. The second kappa shape index (κ2) is 7.62. The first-order valence-corrected chi connectivity index (χ1v) is 7.05. The lowest BCUT2D eigenvalue weighted by Gasteiger charge is -2.14. The number of benzene rings is 1. The molecule has 0 saturated heterocycles. The normalized spacial score (nSPS) is 11.9. The number of unbranched alkanes of at least 4 members (excludes halogenated alkanes) is 1. The van der Waals surface area contributed by atoms with Crippen LogP contribution in [0, 0.1) is 23.0 Å². The highest BCUT2D eigenvalue weighted by molar-refractivity contribution is 5.94. The molecule has 0 radical (unpaired) electrons. The second-order valence-electron chi connectivity index (χ2n) is 5.01. The number of rotatable bonds is 7. The molecule has 0 aromatic heterocycles. The summed E-state index contributed by atoms with van der Waals surface area (Å²) >= 11 is 0. The largest absolute Gasteiger partial charge is 0.320 e. The van der Waals surface area contributed by atoms with E-state index >= 15 is 0 Å². The van der Waals surface area contributed by atoms with Crippen molar-refractivity contribution < 1.29 is 9.72 Å². The van der Waals surface area contributed by atoms with Crippen LogP contribution in [0.1, 0.15) is 45.1 Å². The first-order valence-electron chi connectivity index (χ1n) is 7.05. The number of nitrogens with zero attached hydrogens (tertiary/aromatic N) is 1. The number of nitro benzene ring substituents is 1. The van der Waals surface area contributed by atoms with Crippen molar-refractivity contribution in [3.05, 3.63) is 33.9 Å². The number of nitrogens with one attached hydrogen (secondary N) is 1. The monoisotopic (exact) mass is 278 g/mol. The van der Waals surface area contributed by atoms with Crippen LogP contribution in [0.4, 0.5) is 11.4 Å². The van der Waals surface area contributed by atoms with Gasteiger partial charge in [0.15, 0.2) is 0 Å². The SMILES string of the molecule is CCCC[C@H](CC)C(=O)Nc1ccc(C)cc1[N+](=O)[O-]. The molecule has 110 valence electrons. The van der Waals surface area contributed by atoms with E-state index in [4.69, 9.17) is 0 Å². The fraction of sp³-hybridized carbons (Fsp3) is 0.533. The first kappa shape index (κ1) is 16.1. The van der Waals surface area contributed by atoms with Gasteiger partial charge in [0.1, 0.15) is 5.69 Å². The minimum absolute atomic E-state index is 0.0521. The summed E-state index contributed by atoms with van der Waals surface area (Å²) in [5, 5.41) is 13.7. The molecule has 0 bridgehead atoms. The van der Waals surface area contributed by atoms with E-state index in [-0.39, 0.29) is 23.2 Å². The second-order valence-corrected chi connectivity index (χ2v) is 5.01. The topological polar surface area (TPSA) is 72.2 Å². The van der Waals surface area contributed by atoms with Crippen molar-refractivity contribution in [2.24, 2.45) is 5.92 Å². The van der Waals surface area contributed by atoms with Gasteiger partial charge in [-0.15, -0.1) is 0 Å². The molecule has 5 nitrogen and oxygen atoms in total. The predicted octanol–water partition coefficient (Wildman–Crippen LogP) is 4.06. The number of nitro groups is 1. The Kier molecular flexibility index (Phi) is 6.15. The highest BCUT2D eigenvalue weighted by Crippen LogP contribution is 2.26. The van der Waals surface area contributed by atoms with Crippen LogP contribution in [-0.2, 0) is 4.79 Å². The summed E-state index contributed by atoms with van der Waals surface area (Å²) < 4.78 is 0. The minimum atomic E-state index is -0.463. The summed E-state index contributed by atoms with van der Waals surface area (Å²) in [6, 6.07) is 4.83. The van der Waals surface area contributed by atoms with Gasteiger partial charge in [-0.3, -0.25) is 14.9 Å². The quantitative estimate of drug-likeness (QED) is 0.604. The number of carbonyl (C=O) groups is 1. The summed E-state index contributed by atoms with van der Waals surface area (Å²) in [5.41, 5.74) is 1.02. The molecule has 1 amide bonds. The zero-order valence-corrected chi connectivity index (χ0v) is 12.3. The Morgan fingerprint density at radius 1 is 1.40 bits per heavy atom. The summed E-state index contributed by atoms with van der Waals surface area (Å²) in [6.07, 6.45) is 3.58. The van der Waals surface area contributed by atoms with Crippen LogP contribution in [0.25, 0.3) is 0 Å². The highest BCUT2D eigenvalue weighted by Gasteiger charge is 2.20. The Morgan fingerprint density at radius 2 is 2.10 bits per heavy atom. The lowest BCUT2D eigenvalue weighted by Crippen LogP contribution is -2.22. The maximum Gasteiger partial charge on any atom is 0.293 e. The maximum absolute atomic E-state index is 12.2. The van der Waals surface area contributed by atoms with Gasteiger partial charge in [0.05, 0.1) is 4.92 Å². The van der Waals surface area contributed by atoms with Crippen LogP contribution in [0.15, 0.2) is 18.2 Å². The lowest BCUT2D eigenvalue weighted by atomic mass is 9.98. The number of anilines is 1. The fourth-order valence-corrected chi connectivity index (χ4v) is 2.10. The van der Waals surface area contributed by atoms with Crippen molar-refractivity contribution in [2.45, 2.75) is 46.5 Å². The van der Waals surface area contributed by atoms with Gasteiger partial charge >= 0.3 is 0 Å². The molecule has 0 unspecified atom stereocenters. The summed E-state index contributed by atoms with van der Waals surface area (Å²) in [7, 11) is 0. The zero-order valence-electron chi connectivity index (χ0n) is 12.3. The Bertz CT molecular complexity index is 486.